The van der Waals surface area contributed by atoms with Gasteiger partial charge in [-0.25, -0.2) is 0 Å². The number of nitrogens with one attached hydrogen (secondary N) is 1. The number of carbonyl (C=O) groups is 1. The Kier molecular flexibility index (Phi) is 5.41. The van der Waals surface area contributed by atoms with Gasteiger partial charge in [-0.3, -0.25) is 4.79 Å². The van der Waals surface area contributed by atoms with Crippen molar-refractivity contribution in [3.8, 4) is 5.75 Å². The van der Waals surface area contributed by atoms with Crippen molar-refractivity contribution in [2.75, 3.05) is 33.6 Å². The van der Waals surface area contributed by atoms with Gasteiger partial charge >= 0.3 is 0 Å². The Morgan fingerprint density at radius 2 is 2.00 bits per heavy atom. The van der Waals surface area contributed by atoms with Gasteiger partial charge in [-0.15, -0.1) is 0 Å². The van der Waals surface area contributed by atoms with Crippen LogP contribution in [0.15, 0.2) is 18.2 Å². The van der Waals surface area contributed by atoms with Gasteiger partial charge in [0.25, 0.3) is 5.91 Å². The van der Waals surface area contributed by atoms with Crippen LogP contribution in [0.25, 0.3) is 0 Å². The molecule has 0 atom stereocenters. The lowest BCUT2D eigenvalue weighted by Crippen LogP contribution is -2.34. The number of amides is 1. The van der Waals surface area contributed by atoms with Crippen molar-refractivity contribution in [1.29, 1.82) is 0 Å². The third-order valence-corrected chi connectivity index (χ3v) is 2.45. The minimum absolute atomic E-state index is 0.247. The molecule has 0 aliphatic heterocycles. The highest BCUT2D eigenvalue weighted by atomic mass is 16.7. The second kappa shape index (κ2) is 6.83. The van der Waals surface area contributed by atoms with Crippen molar-refractivity contribution in [3.05, 3.63) is 23.8 Å². The van der Waals surface area contributed by atoms with Crippen LogP contribution in [0.4, 0.5) is 5.69 Å². The third kappa shape index (κ3) is 3.61. The minimum atomic E-state index is -0.468. The summed E-state index contributed by atoms with van der Waals surface area (Å²) in [6, 6.07) is 4.84. The molecule has 1 aromatic carbocycles. The smallest absolute Gasteiger partial charge is 0.251 e. The molecule has 0 aliphatic carbocycles. The molecule has 0 aromatic heterocycles. The van der Waals surface area contributed by atoms with E-state index in [0.717, 1.165) is 0 Å². The van der Waals surface area contributed by atoms with Crippen LogP contribution < -0.4 is 15.8 Å². The lowest BCUT2D eigenvalue weighted by molar-refractivity contribution is -0.0974. The van der Waals surface area contributed by atoms with Crippen LogP contribution in [0.5, 0.6) is 5.75 Å². The van der Waals surface area contributed by atoms with E-state index in [4.69, 9.17) is 19.9 Å². The topological polar surface area (TPSA) is 82.8 Å². The third-order valence-electron chi connectivity index (χ3n) is 2.45. The van der Waals surface area contributed by atoms with Gasteiger partial charge in [-0.2, -0.15) is 0 Å². The summed E-state index contributed by atoms with van der Waals surface area (Å²) in [5, 5.41) is 2.68. The van der Waals surface area contributed by atoms with E-state index in [0.29, 0.717) is 17.0 Å². The molecule has 0 radical (unpaired) electrons. The monoisotopic (exact) mass is 254 g/mol. The Morgan fingerprint density at radius 1 is 1.33 bits per heavy atom. The first kappa shape index (κ1) is 14.3. The van der Waals surface area contributed by atoms with Crippen molar-refractivity contribution in [2.45, 2.75) is 6.29 Å². The molecule has 6 nitrogen and oxygen atoms in total. The summed E-state index contributed by atoms with van der Waals surface area (Å²) < 4.78 is 14.9. The largest absolute Gasteiger partial charge is 0.495 e. The van der Waals surface area contributed by atoms with Crippen LogP contribution in [0.2, 0.25) is 0 Å². The maximum absolute atomic E-state index is 11.8. The zero-order chi connectivity index (χ0) is 13.5. The number of rotatable bonds is 6. The molecule has 1 amide bonds. The molecule has 1 aromatic rings. The average Bonchev–Trinajstić information content (AvgIpc) is 2.39. The maximum Gasteiger partial charge on any atom is 0.251 e. The molecular formula is C12H18N2O4. The molecule has 1 rings (SSSR count). The molecular weight excluding hydrogens is 236 g/mol. The number of benzene rings is 1. The van der Waals surface area contributed by atoms with Crippen LogP contribution in [-0.2, 0) is 9.47 Å². The van der Waals surface area contributed by atoms with Crippen molar-refractivity contribution in [3.63, 3.8) is 0 Å². The number of hydrogen-bond acceptors (Lipinski definition) is 5. The standard InChI is InChI=1S/C12H18N2O4/c1-16-10-5-4-8(6-9(10)13)12(15)14-7-11(17-2)18-3/h4-6,11H,7,13H2,1-3H3,(H,14,15). The van der Waals surface area contributed by atoms with E-state index in [1.165, 1.54) is 21.3 Å². The zero-order valence-corrected chi connectivity index (χ0v) is 10.7. The van der Waals surface area contributed by atoms with Crippen molar-refractivity contribution in [2.24, 2.45) is 0 Å². The minimum Gasteiger partial charge on any atom is -0.495 e. The molecule has 0 bridgehead atoms. The van der Waals surface area contributed by atoms with Crippen LogP contribution in [0.1, 0.15) is 10.4 Å². The molecule has 0 saturated carbocycles. The number of nitrogen functional groups attached to an aromatic ring is 1. The van der Waals surface area contributed by atoms with E-state index in [-0.39, 0.29) is 12.5 Å². The quantitative estimate of drug-likeness (QED) is 0.574. The number of ether oxygens (including phenoxy) is 3. The zero-order valence-electron chi connectivity index (χ0n) is 10.7. The van der Waals surface area contributed by atoms with Gasteiger partial charge in [-0.05, 0) is 18.2 Å². The van der Waals surface area contributed by atoms with E-state index < -0.39 is 6.29 Å². The maximum atomic E-state index is 11.8. The van der Waals surface area contributed by atoms with Gasteiger partial charge < -0.3 is 25.3 Å². The van der Waals surface area contributed by atoms with Crippen LogP contribution in [-0.4, -0.2) is 40.1 Å². The molecule has 0 unspecified atom stereocenters. The summed E-state index contributed by atoms with van der Waals surface area (Å²) in [5.41, 5.74) is 6.60. The number of nitrogens with two attached hydrogens (primary N) is 1. The molecule has 100 valence electrons. The molecule has 0 spiro atoms. The van der Waals surface area contributed by atoms with Gasteiger partial charge in [-0.1, -0.05) is 0 Å². The summed E-state index contributed by atoms with van der Waals surface area (Å²) >= 11 is 0. The van der Waals surface area contributed by atoms with E-state index in [9.17, 15) is 4.79 Å². The number of hydrogen-bond donors (Lipinski definition) is 2. The van der Waals surface area contributed by atoms with Crippen molar-refractivity contribution < 1.29 is 19.0 Å². The second-order valence-electron chi connectivity index (χ2n) is 3.57. The van der Waals surface area contributed by atoms with E-state index >= 15 is 0 Å². The SMILES string of the molecule is COc1ccc(C(=O)NCC(OC)OC)cc1N. The van der Waals surface area contributed by atoms with E-state index in [1.54, 1.807) is 18.2 Å². The lowest BCUT2D eigenvalue weighted by Gasteiger charge is -2.14. The van der Waals surface area contributed by atoms with Gasteiger partial charge in [0.05, 0.1) is 19.3 Å². The molecule has 0 heterocycles. The normalized spacial score (nSPS) is 10.4. The van der Waals surface area contributed by atoms with Gasteiger partial charge in [0.1, 0.15) is 5.75 Å². The van der Waals surface area contributed by atoms with E-state index in [2.05, 4.69) is 5.32 Å². The fourth-order valence-electron chi connectivity index (χ4n) is 1.42. The van der Waals surface area contributed by atoms with Crippen LogP contribution in [0, 0.1) is 0 Å². The van der Waals surface area contributed by atoms with E-state index in [1.807, 2.05) is 0 Å². The van der Waals surface area contributed by atoms with Gasteiger partial charge in [0, 0.05) is 19.8 Å². The Hall–Kier alpha value is -1.79. The highest BCUT2D eigenvalue weighted by Gasteiger charge is 2.11. The summed E-state index contributed by atoms with van der Waals surface area (Å²) in [6.07, 6.45) is -0.468. The Morgan fingerprint density at radius 3 is 2.50 bits per heavy atom. The molecule has 0 aliphatic rings. The first-order chi connectivity index (χ1) is 8.62. The van der Waals surface area contributed by atoms with Gasteiger partial charge in [0.2, 0.25) is 0 Å². The van der Waals surface area contributed by atoms with Crippen molar-refractivity contribution in [1.82, 2.24) is 5.32 Å². The first-order valence-corrected chi connectivity index (χ1v) is 5.39. The predicted octanol–water partition coefficient (Wildman–Crippen LogP) is 0.626. The molecule has 3 N–H and O–H groups in total. The van der Waals surface area contributed by atoms with Gasteiger partial charge in [0.15, 0.2) is 6.29 Å². The lowest BCUT2D eigenvalue weighted by atomic mass is 10.2. The molecule has 0 saturated heterocycles. The summed E-state index contributed by atoms with van der Waals surface area (Å²) in [6.45, 7) is 0.262. The fourth-order valence-corrected chi connectivity index (χ4v) is 1.42. The molecule has 18 heavy (non-hydrogen) atoms. The Labute approximate surface area is 106 Å². The summed E-state index contributed by atoms with van der Waals surface area (Å²) in [7, 11) is 4.53. The predicted molar refractivity (Wildman–Crippen MR) is 67.5 cm³/mol. The Bertz CT molecular complexity index is 405. The summed E-state index contributed by atoms with van der Waals surface area (Å²) in [4.78, 5) is 11.8. The van der Waals surface area contributed by atoms with Crippen molar-refractivity contribution >= 4 is 11.6 Å². The van der Waals surface area contributed by atoms with Crippen LogP contribution in [0.3, 0.4) is 0 Å². The molecule has 0 fully saturated rings. The second-order valence-corrected chi connectivity index (χ2v) is 3.57. The first-order valence-electron chi connectivity index (χ1n) is 5.39. The Balaban J connectivity index is 2.64. The summed E-state index contributed by atoms with van der Waals surface area (Å²) in [5.74, 6) is 0.293. The fraction of sp³-hybridized carbons (Fsp3) is 0.417. The van der Waals surface area contributed by atoms with Crippen LogP contribution >= 0.6 is 0 Å². The molecule has 6 heteroatoms. The highest BCUT2D eigenvalue weighted by Crippen LogP contribution is 2.21. The average molecular weight is 254 g/mol. The number of carbonyl (C=O) groups excluding carboxylic acids is 1. The number of methoxy groups -OCH3 is 3. The number of anilines is 1. The highest BCUT2D eigenvalue weighted by molar-refractivity contribution is 5.95.